The van der Waals surface area contributed by atoms with Gasteiger partial charge in [-0.15, -0.1) is 0 Å². The quantitative estimate of drug-likeness (QED) is 0.479. The van der Waals surface area contributed by atoms with Crippen molar-refractivity contribution in [3.63, 3.8) is 0 Å². The van der Waals surface area contributed by atoms with E-state index >= 15 is 0 Å². The standard InChI is InChI=1S/C22H25N5O4S/c1-15(21-23-13-19(26-21)16-8-5-4-6-9-16)25-20(28)14-24-22(29)17-10-7-11-18(12-17)32(30,31)27(2)3/h4-13,15H,14H2,1-3H3,(H,23,26)(H,24,29)(H,25,28). The summed E-state index contributed by atoms with van der Waals surface area (Å²) in [5.41, 5.74) is 1.96. The molecule has 0 aliphatic carbocycles. The van der Waals surface area contributed by atoms with Crippen molar-refractivity contribution in [3.8, 4) is 11.3 Å². The van der Waals surface area contributed by atoms with Crippen LogP contribution in [0.25, 0.3) is 11.3 Å². The minimum atomic E-state index is -3.67. The fourth-order valence-corrected chi connectivity index (χ4v) is 3.90. The minimum absolute atomic E-state index is 0.000244. The second-order valence-electron chi connectivity index (χ2n) is 7.34. The average Bonchev–Trinajstić information content (AvgIpc) is 3.28. The molecule has 0 saturated heterocycles. The highest BCUT2D eigenvalue weighted by Crippen LogP contribution is 2.19. The Balaban J connectivity index is 1.57. The van der Waals surface area contributed by atoms with Crippen LogP contribution in [0.5, 0.6) is 0 Å². The number of aromatic amines is 1. The molecular formula is C22H25N5O4S. The summed E-state index contributed by atoms with van der Waals surface area (Å²) in [6, 6.07) is 14.9. The van der Waals surface area contributed by atoms with Crippen LogP contribution in [0.3, 0.4) is 0 Å². The van der Waals surface area contributed by atoms with E-state index in [4.69, 9.17) is 0 Å². The molecule has 0 fully saturated rings. The van der Waals surface area contributed by atoms with Gasteiger partial charge in [-0.1, -0.05) is 36.4 Å². The molecule has 2 amide bonds. The average molecular weight is 456 g/mol. The first-order valence-electron chi connectivity index (χ1n) is 9.89. The maximum absolute atomic E-state index is 12.4. The predicted octanol–water partition coefficient (Wildman–Crippen LogP) is 1.93. The molecule has 0 bridgehead atoms. The molecule has 0 radical (unpaired) electrons. The number of nitrogens with one attached hydrogen (secondary N) is 3. The number of nitrogens with zero attached hydrogens (tertiary/aromatic N) is 2. The Hall–Kier alpha value is -3.50. The highest BCUT2D eigenvalue weighted by Gasteiger charge is 2.19. The van der Waals surface area contributed by atoms with E-state index in [1.54, 1.807) is 13.1 Å². The first kappa shape index (κ1) is 23.2. The predicted molar refractivity (Wildman–Crippen MR) is 120 cm³/mol. The van der Waals surface area contributed by atoms with Crippen LogP contribution in [-0.2, 0) is 14.8 Å². The number of hydrogen-bond acceptors (Lipinski definition) is 5. The van der Waals surface area contributed by atoms with E-state index in [1.165, 1.54) is 38.4 Å². The van der Waals surface area contributed by atoms with Crippen LogP contribution in [-0.4, -0.2) is 55.1 Å². The van der Waals surface area contributed by atoms with Crippen LogP contribution in [0.2, 0.25) is 0 Å². The number of carbonyl (C=O) groups is 2. The molecule has 0 aliphatic rings. The second-order valence-corrected chi connectivity index (χ2v) is 9.49. The molecule has 3 N–H and O–H groups in total. The van der Waals surface area contributed by atoms with Crippen molar-refractivity contribution in [1.82, 2.24) is 24.9 Å². The van der Waals surface area contributed by atoms with Crippen molar-refractivity contribution in [2.45, 2.75) is 17.9 Å². The Bertz CT molecular complexity index is 1210. The molecule has 3 aromatic rings. The van der Waals surface area contributed by atoms with Gasteiger partial charge < -0.3 is 15.6 Å². The van der Waals surface area contributed by atoms with Gasteiger partial charge in [-0.05, 0) is 30.7 Å². The number of rotatable bonds is 8. The molecule has 1 unspecified atom stereocenters. The van der Waals surface area contributed by atoms with Crippen molar-refractivity contribution >= 4 is 21.8 Å². The zero-order valence-electron chi connectivity index (χ0n) is 18.0. The molecule has 2 aromatic carbocycles. The molecule has 1 atom stereocenters. The van der Waals surface area contributed by atoms with Gasteiger partial charge in [-0.3, -0.25) is 9.59 Å². The molecule has 1 aromatic heterocycles. The summed E-state index contributed by atoms with van der Waals surface area (Å²) < 4.78 is 25.6. The fraction of sp³-hybridized carbons (Fsp3) is 0.227. The molecule has 0 aliphatic heterocycles. The van der Waals surface area contributed by atoms with E-state index in [1.807, 2.05) is 30.3 Å². The summed E-state index contributed by atoms with van der Waals surface area (Å²) in [5.74, 6) is -0.362. The van der Waals surface area contributed by atoms with Crippen molar-refractivity contribution in [1.29, 1.82) is 0 Å². The molecule has 9 nitrogen and oxygen atoms in total. The van der Waals surface area contributed by atoms with Crippen LogP contribution in [0.1, 0.15) is 29.1 Å². The van der Waals surface area contributed by atoms with E-state index in [2.05, 4.69) is 20.6 Å². The Morgan fingerprint density at radius 1 is 1.09 bits per heavy atom. The van der Waals surface area contributed by atoms with Gasteiger partial charge in [0, 0.05) is 19.7 Å². The summed E-state index contributed by atoms with van der Waals surface area (Å²) in [7, 11) is -0.841. The third-order valence-corrected chi connectivity index (χ3v) is 6.56. The lowest BCUT2D eigenvalue weighted by Gasteiger charge is -2.13. The Morgan fingerprint density at radius 2 is 1.81 bits per heavy atom. The number of sulfonamides is 1. The smallest absolute Gasteiger partial charge is 0.251 e. The van der Waals surface area contributed by atoms with Crippen LogP contribution in [0, 0.1) is 0 Å². The third-order valence-electron chi connectivity index (χ3n) is 4.75. The van der Waals surface area contributed by atoms with Gasteiger partial charge in [0.25, 0.3) is 5.91 Å². The summed E-state index contributed by atoms with van der Waals surface area (Å²) in [6.45, 7) is 1.52. The number of benzene rings is 2. The summed E-state index contributed by atoms with van der Waals surface area (Å²) in [5, 5.41) is 5.27. The van der Waals surface area contributed by atoms with E-state index in [9.17, 15) is 18.0 Å². The molecule has 0 spiro atoms. The molecule has 3 rings (SSSR count). The topological polar surface area (TPSA) is 124 Å². The van der Waals surface area contributed by atoms with Gasteiger partial charge in [0.05, 0.1) is 29.4 Å². The summed E-state index contributed by atoms with van der Waals surface area (Å²) in [6.07, 6.45) is 1.70. The summed E-state index contributed by atoms with van der Waals surface area (Å²) in [4.78, 5) is 32.2. The number of aromatic nitrogens is 2. The maximum Gasteiger partial charge on any atom is 0.251 e. The minimum Gasteiger partial charge on any atom is -0.345 e. The van der Waals surface area contributed by atoms with Gasteiger partial charge in [0.2, 0.25) is 15.9 Å². The number of hydrogen-bond donors (Lipinski definition) is 3. The monoisotopic (exact) mass is 455 g/mol. The Morgan fingerprint density at radius 3 is 2.50 bits per heavy atom. The van der Waals surface area contributed by atoms with Crippen molar-refractivity contribution in [3.05, 3.63) is 72.2 Å². The van der Waals surface area contributed by atoms with E-state index in [0.29, 0.717) is 5.82 Å². The molecule has 0 saturated carbocycles. The van der Waals surface area contributed by atoms with Gasteiger partial charge >= 0.3 is 0 Å². The zero-order chi connectivity index (χ0) is 23.3. The number of imidazole rings is 1. The van der Waals surface area contributed by atoms with Crippen LogP contribution in [0.4, 0.5) is 0 Å². The molecule has 32 heavy (non-hydrogen) atoms. The first-order valence-corrected chi connectivity index (χ1v) is 11.3. The van der Waals surface area contributed by atoms with Crippen molar-refractivity contribution in [2.75, 3.05) is 20.6 Å². The van der Waals surface area contributed by atoms with Crippen molar-refractivity contribution in [2.24, 2.45) is 0 Å². The molecule has 168 valence electrons. The SMILES string of the molecule is CC(NC(=O)CNC(=O)c1cccc(S(=O)(=O)N(C)C)c1)c1ncc(-c2ccccc2)[nH]1. The molecular weight excluding hydrogens is 430 g/mol. The maximum atomic E-state index is 12.4. The van der Waals surface area contributed by atoms with E-state index in [0.717, 1.165) is 15.6 Å². The second kappa shape index (κ2) is 9.75. The van der Waals surface area contributed by atoms with Crippen LogP contribution < -0.4 is 10.6 Å². The van der Waals surface area contributed by atoms with Gasteiger partial charge in [0.1, 0.15) is 5.82 Å². The molecule has 10 heteroatoms. The number of carbonyl (C=O) groups excluding carboxylic acids is 2. The fourth-order valence-electron chi connectivity index (χ4n) is 2.95. The van der Waals surface area contributed by atoms with Crippen LogP contribution in [0.15, 0.2) is 65.7 Å². The third kappa shape index (κ3) is 5.40. The highest BCUT2D eigenvalue weighted by atomic mass is 32.2. The Labute approximate surface area is 186 Å². The molecule has 1 heterocycles. The van der Waals surface area contributed by atoms with Gasteiger partial charge in [-0.25, -0.2) is 17.7 Å². The number of amides is 2. The largest absolute Gasteiger partial charge is 0.345 e. The van der Waals surface area contributed by atoms with E-state index in [-0.39, 0.29) is 17.0 Å². The van der Waals surface area contributed by atoms with Crippen LogP contribution >= 0.6 is 0 Å². The first-order chi connectivity index (χ1) is 15.2. The normalized spacial score (nSPS) is 12.4. The lowest BCUT2D eigenvalue weighted by molar-refractivity contribution is -0.120. The van der Waals surface area contributed by atoms with Gasteiger partial charge in [0.15, 0.2) is 0 Å². The van der Waals surface area contributed by atoms with E-state index < -0.39 is 27.9 Å². The lowest BCUT2D eigenvalue weighted by atomic mass is 10.2. The Kier molecular flexibility index (Phi) is 7.06. The highest BCUT2D eigenvalue weighted by molar-refractivity contribution is 7.89. The van der Waals surface area contributed by atoms with Gasteiger partial charge in [-0.2, -0.15) is 0 Å². The van der Waals surface area contributed by atoms with Crippen molar-refractivity contribution < 1.29 is 18.0 Å². The number of H-pyrrole nitrogens is 1. The summed E-state index contributed by atoms with van der Waals surface area (Å²) >= 11 is 0. The zero-order valence-corrected chi connectivity index (χ0v) is 18.8. The lowest BCUT2D eigenvalue weighted by Crippen LogP contribution is -2.38.